The van der Waals surface area contributed by atoms with Gasteiger partial charge in [-0.2, -0.15) is 0 Å². The molecule has 3 aromatic rings. The molecule has 4 fully saturated rings. The van der Waals surface area contributed by atoms with Gasteiger partial charge in [-0.3, -0.25) is 9.59 Å². The van der Waals surface area contributed by atoms with Crippen molar-refractivity contribution in [3.63, 3.8) is 0 Å². The summed E-state index contributed by atoms with van der Waals surface area (Å²) in [6, 6.07) is 12.0. The molecular formula is C38H48N4O6S. The number of carbonyl (C=O) groups excluding carboxylic acids is 2. The van der Waals surface area contributed by atoms with Crippen LogP contribution in [0.4, 0.5) is 0 Å². The van der Waals surface area contributed by atoms with Gasteiger partial charge in [0.15, 0.2) is 0 Å². The van der Waals surface area contributed by atoms with Crippen LogP contribution in [-0.2, 0) is 26.1 Å². The van der Waals surface area contributed by atoms with E-state index in [1.54, 1.807) is 13.2 Å². The molecule has 1 aromatic heterocycles. The number of rotatable bonds is 7. The number of amides is 2. The summed E-state index contributed by atoms with van der Waals surface area (Å²) in [4.78, 5) is 33.1. The SMILES string of the molecule is COc1ccc2c(c1)C1CC1(C(=O)N1C3COC[C@H]1CN(C)C3)Cn1c-2c(C2CCCCC2)c2ccc(C(=O)NS(=O)(=O)CC(C)C)cc21. The number of likely N-dealkylation sites (N-methyl/N-ethyl adjacent to an activating group) is 1. The van der Waals surface area contributed by atoms with Crippen LogP contribution in [0.1, 0.15) is 85.7 Å². The summed E-state index contributed by atoms with van der Waals surface area (Å²) in [6.07, 6.45) is 6.48. The zero-order chi connectivity index (χ0) is 34.2. The Hall–Kier alpha value is -3.41. The first-order chi connectivity index (χ1) is 23.5. The topological polar surface area (TPSA) is 110 Å². The molecule has 0 radical (unpaired) electrons. The van der Waals surface area contributed by atoms with Crippen LogP contribution in [0.3, 0.4) is 0 Å². The lowest BCUT2D eigenvalue weighted by atomic mass is 9.81. The molecule has 5 aliphatic rings. The average molecular weight is 689 g/mol. The number of methoxy groups -OCH3 is 1. The van der Waals surface area contributed by atoms with Gasteiger partial charge >= 0.3 is 0 Å². The lowest BCUT2D eigenvalue weighted by Gasteiger charge is -2.50. The van der Waals surface area contributed by atoms with Crippen molar-refractivity contribution in [2.24, 2.45) is 11.3 Å². The van der Waals surface area contributed by atoms with E-state index >= 15 is 4.79 Å². The number of carbonyl (C=O) groups is 2. The Morgan fingerprint density at radius 1 is 1.04 bits per heavy atom. The summed E-state index contributed by atoms with van der Waals surface area (Å²) in [6.45, 7) is 6.78. The Bertz CT molecular complexity index is 1920. The number of nitrogens with one attached hydrogen (secondary N) is 1. The first kappa shape index (κ1) is 32.8. The van der Waals surface area contributed by atoms with Crippen LogP contribution >= 0.6 is 0 Å². The second-order valence-electron chi connectivity index (χ2n) is 15.7. The third-order valence-electron chi connectivity index (χ3n) is 11.7. The van der Waals surface area contributed by atoms with Crippen LogP contribution < -0.4 is 9.46 Å². The van der Waals surface area contributed by atoms with E-state index in [9.17, 15) is 13.2 Å². The highest BCUT2D eigenvalue weighted by Crippen LogP contribution is 2.66. The summed E-state index contributed by atoms with van der Waals surface area (Å²) in [5.41, 5.74) is 5.23. The van der Waals surface area contributed by atoms with E-state index in [2.05, 4.69) is 38.3 Å². The minimum atomic E-state index is -3.79. The van der Waals surface area contributed by atoms with Crippen molar-refractivity contribution in [3.05, 3.63) is 53.1 Å². The van der Waals surface area contributed by atoms with Crippen LogP contribution in [0.15, 0.2) is 36.4 Å². The minimum Gasteiger partial charge on any atom is -0.497 e. The summed E-state index contributed by atoms with van der Waals surface area (Å²) in [5.74, 6) is 0.493. The van der Waals surface area contributed by atoms with Crippen LogP contribution in [0.25, 0.3) is 22.2 Å². The standard InChI is InChI=1S/C38H48N4O6S/c1-23(2)21-49(45,46)39-36(43)25-10-12-30-33(14-25)41-22-38(37(44)42-26-17-40(3)18-27(42)20-48-19-26)16-32(38)31-15-28(47-4)11-13-29(31)35(41)34(30)24-8-6-5-7-9-24/h10-15,23-24,26-27,32H,5-9,16-22H2,1-4H3,(H,39,43)/t26-,27?,32?,38?/m1/s1. The smallest absolute Gasteiger partial charge is 0.264 e. The van der Waals surface area contributed by atoms with Crippen LogP contribution in [0.2, 0.25) is 0 Å². The number of aromatic nitrogens is 1. The molecule has 1 N–H and O–H groups in total. The molecule has 0 spiro atoms. The molecule has 3 unspecified atom stereocenters. The van der Waals surface area contributed by atoms with Gasteiger partial charge < -0.3 is 23.8 Å². The van der Waals surface area contributed by atoms with E-state index in [0.29, 0.717) is 31.2 Å². The fourth-order valence-electron chi connectivity index (χ4n) is 9.57. The number of nitrogens with zero attached hydrogens (tertiary/aromatic N) is 3. The first-order valence-electron chi connectivity index (χ1n) is 18.0. The van der Waals surface area contributed by atoms with Gasteiger partial charge in [-0.05, 0) is 79.6 Å². The van der Waals surface area contributed by atoms with Crippen molar-refractivity contribution in [2.75, 3.05) is 46.2 Å². The number of ether oxygens (including phenoxy) is 2. The highest BCUT2D eigenvalue weighted by Gasteiger charge is 2.65. The fourth-order valence-corrected chi connectivity index (χ4v) is 10.9. The molecule has 3 aliphatic heterocycles. The van der Waals surface area contributed by atoms with Crippen molar-refractivity contribution in [1.82, 2.24) is 19.1 Å². The van der Waals surface area contributed by atoms with Gasteiger partial charge in [-0.25, -0.2) is 13.1 Å². The number of hydrogen-bond acceptors (Lipinski definition) is 7. The number of benzene rings is 2. The van der Waals surface area contributed by atoms with Gasteiger partial charge in [-0.1, -0.05) is 39.2 Å². The molecule has 2 aliphatic carbocycles. The van der Waals surface area contributed by atoms with Crippen LogP contribution in [0, 0.1) is 11.3 Å². The average Bonchev–Trinajstić information content (AvgIpc) is 3.73. The minimum absolute atomic E-state index is 0.00965. The Morgan fingerprint density at radius 2 is 1.78 bits per heavy atom. The Labute approximate surface area is 289 Å². The zero-order valence-corrected chi connectivity index (χ0v) is 29.9. The number of piperazine rings is 1. The van der Waals surface area contributed by atoms with E-state index in [1.807, 2.05) is 32.0 Å². The molecule has 4 atom stereocenters. The van der Waals surface area contributed by atoms with Gasteiger partial charge in [-0.15, -0.1) is 0 Å². The lowest BCUT2D eigenvalue weighted by molar-refractivity contribution is -0.160. The fraction of sp³-hybridized carbons (Fsp3) is 0.579. The molecule has 2 saturated heterocycles. The van der Waals surface area contributed by atoms with Crippen LogP contribution in [0.5, 0.6) is 5.75 Å². The van der Waals surface area contributed by atoms with Crippen molar-refractivity contribution >= 4 is 32.7 Å². The zero-order valence-electron chi connectivity index (χ0n) is 29.0. The van der Waals surface area contributed by atoms with Crippen molar-refractivity contribution < 1.29 is 27.5 Å². The Balaban J connectivity index is 1.30. The molecule has 2 bridgehead atoms. The Morgan fingerprint density at radius 3 is 2.47 bits per heavy atom. The number of morpholine rings is 1. The van der Waals surface area contributed by atoms with Gasteiger partial charge in [0.1, 0.15) is 5.75 Å². The molecule has 11 heteroatoms. The van der Waals surface area contributed by atoms with Crippen molar-refractivity contribution in [3.8, 4) is 17.0 Å². The maximum atomic E-state index is 15.1. The molecule has 2 amide bonds. The van der Waals surface area contributed by atoms with E-state index in [1.165, 1.54) is 24.8 Å². The quantitative estimate of drug-likeness (QED) is 0.368. The van der Waals surface area contributed by atoms with E-state index in [4.69, 9.17) is 9.47 Å². The maximum Gasteiger partial charge on any atom is 0.264 e. The third-order valence-corrected chi connectivity index (χ3v) is 13.3. The second-order valence-corrected chi connectivity index (χ2v) is 17.4. The number of sulfonamides is 1. The first-order valence-corrected chi connectivity index (χ1v) is 19.6. The molecule has 49 heavy (non-hydrogen) atoms. The van der Waals surface area contributed by atoms with Gasteiger partial charge in [0.05, 0.1) is 49.3 Å². The molecule has 10 nitrogen and oxygen atoms in total. The normalized spacial score (nSPS) is 26.9. The molecule has 2 saturated carbocycles. The van der Waals surface area contributed by atoms with E-state index < -0.39 is 21.3 Å². The predicted octanol–water partition coefficient (Wildman–Crippen LogP) is 5.11. The molecular weight excluding hydrogens is 641 g/mol. The van der Waals surface area contributed by atoms with Crippen molar-refractivity contribution in [2.45, 2.75) is 82.8 Å². The van der Waals surface area contributed by atoms with Crippen LogP contribution in [-0.4, -0.2) is 92.9 Å². The lowest BCUT2D eigenvalue weighted by Crippen LogP contribution is -2.66. The number of hydrogen-bond donors (Lipinski definition) is 1. The highest BCUT2D eigenvalue weighted by molar-refractivity contribution is 7.90. The highest BCUT2D eigenvalue weighted by atomic mass is 32.2. The molecule has 4 heterocycles. The van der Waals surface area contributed by atoms with Gasteiger partial charge in [0.25, 0.3) is 5.91 Å². The summed E-state index contributed by atoms with van der Waals surface area (Å²) in [7, 11) is 0.0131. The van der Waals surface area contributed by atoms with E-state index in [-0.39, 0.29) is 35.6 Å². The maximum absolute atomic E-state index is 15.1. The second kappa shape index (κ2) is 12.1. The summed E-state index contributed by atoms with van der Waals surface area (Å²) >= 11 is 0. The van der Waals surface area contributed by atoms with Gasteiger partial charge in [0.2, 0.25) is 15.9 Å². The van der Waals surface area contributed by atoms with E-state index in [0.717, 1.165) is 65.8 Å². The Kier molecular flexibility index (Phi) is 8.11. The largest absolute Gasteiger partial charge is 0.497 e. The summed E-state index contributed by atoms with van der Waals surface area (Å²) in [5, 5.41) is 1.08. The molecule has 262 valence electrons. The van der Waals surface area contributed by atoms with Crippen molar-refractivity contribution in [1.29, 1.82) is 0 Å². The number of fused-ring (bicyclic) bond motifs is 9. The monoisotopic (exact) mass is 688 g/mol. The third kappa shape index (κ3) is 5.56. The predicted molar refractivity (Wildman–Crippen MR) is 188 cm³/mol. The summed E-state index contributed by atoms with van der Waals surface area (Å²) < 4.78 is 41.9. The molecule has 8 rings (SSSR count). The van der Waals surface area contributed by atoms with Gasteiger partial charge in [0, 0.05) is 47.6 Å². The molecule has 2 aromatic carbocycles.